The van der Waals surface area contributed by atoms with Crippen molar-refractivity contribution in [2.75, 3.05) is 30.3 Å². The van der Waals surface area contributed by atoms with Crippen LogP contribution in [0.2, 0.25) is 0 Å². The standard InChI is InChI=1S/C22H30N2O4S/c1-16(2)19-8-6-7-9-20(19)24(29(5,26)27)15-22(25)23-12-13-28-21-14-17(3)10-11-18(21)4/h6-11,14,16H,12-13,15H2,1-5H3,(H,23,25). The molecule has 0 radical (unpaired) electrons. The predicted octanol–water partition coefficient (Wildman–Crippen LogP) is 3.39. The molecule has 0 spiro atoms. The minimum absolute atomic E-state index is 0.129. The topological polar surface area (TPSA) is 75.7 Å². The Morgan fingerprint density at radius 1 is 1.14 bits per heavy atom. The van der Waals surface area contributed by atoms with E-state index in [2.05, 4.69) is 5.32 Å². The maximum absolute atomic E-state index is 12.4. The number of para-hydroxylation sites is 1. The largest absolute Gasteiger partial charge is 0.491 e. The summed E-state index contributed by atoms with van der Waals surface area (Å²) >= 11 is 0. The summed E-state index contributed by atoms with van der Waals surface area (Å²) in [5.41, 5.74) is 3.54. The van der Waals surface area contributed by atoms with Crippen molar-refractivity contribution in [1.82, 2.24) is 5.32 Å². The summed E-state index contributed by atoms with van der Waals surface area (Å²) in [6, 6.07) is 13.2. The predicted molar refractivity (Wildman–Crippen MR) is 117 cm³/mol. The van der Waals surface area contributed by atoms with Crippen LogP contribution in [0.5, 0.6) is 5.75 Å². The summed E-state index contributed by atoms with van der Waals surface area (Å²) in [5, 5.41) is 2.74. The van der Waals surface area contributed by atoms with Gasteiger partial charge in [0.2, 0.25) is 15.9 Å². The SMILES string of the molecule is Cc1ccc(C)c(OCCNC(=O)CN(c2ccccc2C(C)C)S(C)(=O)=O)c1. The van der Waals surface area contributed by atoms with Crippen molar-refractivity contribution in [2.24, 2.45) is 0 Å². The van der Waals surface area contributed by atoms with Gasteiger partial charge < -0.3 is 10.1 Å². The first kappa shape index (κ1) is 22.7. The smallest absolute Gasteiger partial charge is 0.240 e. The highest BCUT2D eigenvalue weighted by Gasteiger charge is 2.23. The van der Waals surface area contributed by atoms with Gasteiger partial charge >= 0.3 is 0 Å². The van der Waals surface area contributed by atoms with E-state index in [0.717, 1.165) is 33.0 Å². The first-order valence-corrected chi connectivity index (χ1v) is 11.5. The van der Waals surface area contributed by atoms with Gasteiger partial charge in [-0.2, -0.15) is 0 Å². The number of amides is 1. The fourth-order valence-electron chi connectivity index (χ4n) is 2.98. The second kappa shape index (κ2) is 9.78. The van der Waals surface area contributed by atoms with E-state index in [0.29, 0.717) is 12.3 Å². The Morgan fingerprint density at radius 2 is 1.83 bits per heavy atom. The van der Waals surface area contributed by atoms with Gasteiger partial charge in [0, 0.05) is 0 Å². The number of rotatable bonds is 9. The molecule has 0 unspecified atom stereocenters. The molecule has 0 aromatic heterocycles. The van der Waals surface area contributed by atoms with E-state index in [1.165, 1.54) is 0 Å². The van der Waals surface area contributed by atoms with Crippen molar-refractivity contribution >= 4 is 21.6 Å². The van der Waals surface area contributed by atoms with E-state index in [-0.39, 0.29) is 24.9 Å². The highest BCUT2D eigenvalue weighted by Crippen LogP contribution is 2.28. The third-order valence-electron chi connectivity index (χ3n) is 4.54. The maximum atomic E-state index is 12.4. The lowest BCUT2D eigenvalue weighted by Crippen LogP contribution is -2.41. The Bertz CT molecular complexity index is 955. The molecule has 2 aromatic carbocycles. The van der Waals surface area contributed by atoms with Crippen LogP contribution in [0.1, 0.15) is 36.5 Å². The number of carbonyl (C=O) groups excluding carboxylic acids is 1. The molecule has 158 valence electrons. The van der Waals surface area contributed by atoms with Crippen LogP contribution in [-0.4, -0.2) is 40.3 Å². The Morgan fingerprint density at radius 3 is 2.48 bits per heavy atom. The molecule has 2 rings (SSSR count). The molecule has 0 heterocycles. The average molecular weight is 419 g/mol. The number of aryl methyl sites for hydroxylation is 2. The Kier molecular flexibility index (Phi) is 7.67. The minimum atomic E-state index is -3.61. The molecule has 0 saturated carbocycles. The number of nitrogens with zero attached hydrogens (tertiary/aromatic N) is 1. The maximum Gasteiger partial charge on any atom is 0.240 e. The second-order valence-electron chi connectivity index (χ2n) is 7.45. The van der Waals surface area contributed by atoms with Gasteiger partial charge in [-0.15, -0.1) is 0 Å². The molecule has 2 aromatic rings. The quantitative estimate of drug-likeness (QED) is 0.634. The lowest BCUT2D eigenvalue weighted by atomic mass is 10.0. The van der Waals surface area contributed by atoms with Crippen LogP contribution in [0.4, 0.5) is 5.69 Å². The number of carbonyl (C=O) groups is 1. The van der Waals surface area contributed by atoms with E-state index in [1.807, 2.05) is 58.0 Å². The van der Waals surface area contributed by atoms with Crippen molar-refractivity contribution in [1.29, 1.82) is 0 Å². The zero-order valence-electron chi connectivity index (χ0n) is 17.7. The second-order valence-corrected chi connectivity index (χ2v) is 9.36. The van der Waals surface area contributed by atoms with Crippen molar-refractivity contribution in [3.63, 3.8) is 0 Å². The molecule has 0 aliphatic rings. The molecular weight excluding hydrogens is 388 g/mol. The number of hydrogen-bond donors (Lipinski definition) is 1. The van der Waals surface area contributed by atoms with E-state index < -0.39 is 10.0 Å². The highest BCUT2D eigenvalue weighted by atomic mass is 32.2. The number of sulfonamides is 1. The van der Waals surface area contributed by atoms with E-state index in [1.54, 1.807) is 12.1 Å². The van der Waals surface area contributed by atoms with Crippen LogP contribution in [0.3, 0.4) is 0 Å². The summed E-state index contributed by atoms with van der Waals surface area (Å²) in [5.74, 6) is 0.533. The van der Waals surface area contributed by atoms with Crippen molar-refractivity contribution < 1.29 is 17.9 Å². The summed E-state index contributed by atoms with van der Waals surface area (Å²) in [6.45, 7) is 8.25. The molecule has 0 aliphatic carbocycles. The normalized spacial score (nSPS) is 11.4. The molecule has 1 amide bonds. The molecule has 0 bridgehead atoms. The fraction of sp³-hybridized carbons (Fsp3) is 0.409. The highest BCUT2D eigenvalue weighted by molar-refractivity contribution is 7.92. The number of ether oxygens (including phenoxy) is 1. The van der Waals surface area contributed by atoms with Crippen LogP contribution in [0.25, 0.3) is 0 Å². The van der Waals surface area contributed by atoms with Gasteiger partial charge in [0.15, 0.2) is 0 Å². The van der Waals surface area contributed by atoms with Crippen LogP contribution in [0.15, 0.2) is 42.5 Å². The zero-order chi connectivity index (χ0) is 21.6. The van der Waals surface area contributed by atoms with Gasteiger partial charge in [0.05, 0.1) is 18.5 Å². The first-order valence-electron chi connectivity index (χ1n) is 9.63. The molecule has 0 fully saturated rings. The molecule has 0 atom stereocenters. The van der Waals surface area contributed by atoms with Crippen LogP contribution < -0.4 is 14.4 Å². The van der Waals surface area contributed by atoms with E-state index >= 15 is 0 Å². The molecule has 0 aliphatic heterocycles. The van der Waals surface area contributed by atoms with Gasteiger partial charge in [-0.25, -0.2) is 8.42 Å². The monoisotopic (exact) mass is 418 g/mol. The summed E-state index contributed by atoms with van der Waals surface area (Å²) in [7, 11) is -3.61. The van der Waals surface area contributed by atoms with Gasteiger partial charge in [0.25, 0.3) is 0 Å². The Hall–Kier alpha value is -2.54. The average Bonchev–Trinajstić information content (AvgIpc) is 2.65. The van der Waals surface area contributed by atoms with Gasteiger partial charge in [0.1, 0.15) is 18.9 Å². The van der Waals surface area contributed by atoms with Gasteiger partial charge in [-0.3, -0.25) is 9.10 Å². The molecule has 6 nitrogen and oxygen atoms in total. The van der Waals surface area contributed by atoms with Crippen LogP contribution in [0, 0.1) is 13.8 Å². The number of benzene rings is 2. The summed E-state index contributed by atoms with van der Waals surface area (Å²) in [6.07, 6.45) is 1.11. The Balaban J connectivity index is 2.00. The molecular formula is C22H30N2O4S. The first-order chi connectivity index (χ1) is 13.6. The van der Waals surface area contributed by atoms with Crippen LogP contribution in [-0.2, 0) is 14.8 Å². The number of nitrogens with one attached hydrogen (secondary N) is 1. The Labute approximate surface area is 173 Å². The van der Waals surface area contributed by atoms with Crippen LogP contribution >= 0.6 is 0 Å². The van der Waals surface area contributed by atoms with Gasteiger partial charge in [-0.1, -0.05) is 44.2 Å². The fourth-order valence-corrected chi connectivity index (χ4v) is 3.86. The molecule has 29 heavy (non-hydrogen) atoms. The number of hydrogen-bond acceptors (Lipinski definition) is 4. The van der Waals surface area contributed by atoms with Gasteiger partial charge in [-0.05, 0) is 48.6 Å². The lowest BCUT2D eigenvalue weighted by molar-refractivity contribution is -0.119. The zero-order valence-corrected chi connectivity index (χ0v) is 18.5. The third-order valence-corrected chi connectivity index (χ3v) is 5.67. The summed E-state index contributed by atoms with van der Waals surface area (Å²) < 4.78 is 31.6. The van der Waals surface area contributed by atoms with Crippen molar-refractivity contribution in [3.8, 4) is 5.75 Å². The van der Waals surface area contributed by atoms with Crippen molar-refractivity contribution in [2.45, 2.75) is 33.6 Å². The number of anilines is 1. The van der Waals surface area contributed by atoms with E-state index in [9.17, 15) is 13.2 Å². The van der Waals surface area contributed by atoms with E-state index in [4.69, 9.17) is 4.74 Å². The van der Waals surface area contributed by atoms with Crippen molar-refractivity contribution in [3.05, 3.63) is 59.2 Å². The molecule has 7 heteroatoms. The third kappa shape index (κ3) is 6.49. The lowest BCUT2D eigenvalue weighted by Gasteiger charge is -2.25. The minimum Gasteiger partial charge on any atom is -0.491 e. The molecule has 0 saturated heterocycles. The summed E-state index contributed by atoms with van der Waals surface area (Å²) in [4.78, 5) is 12.4. The molecule has 1 N–H and O–H groups in total.